The van der Waals surface area contributed by atoms with Crippen molar-refractivity contribution in [1.82, 2.24) is 20.3 Å². The van der Waals surface area contributed by atoms with Crippen molar-refractivity contribution in [3.8, 4) is 0 Å². The Labute approximate surface area is 150 Å². The number of carbonyl (C=O) groups is 1. The number of hydrogen-bond donors (Lipinski definition) is 2. The predicted octanol–water partition coefficient (Wildman–Crippen LogP) is 2.76. The molecule has 1 atom stereocenters. The van der Waals surface area contributed by atoms with Gasteiger partial charge in [0.25, 0.3) is 11.5 Å². The minimum Gasteiger partial charge on any atom is -0.343 e. The van der Waals surface area contributed by atoms with E-state index in [4.69, 9.17) is 0 Å². The first-order chi connectivity index (χ1) is 12.5. The number of rotatable bonds is 2. The van der Waals surface area contributed by atoms with E-state index in [-0.39, 0.29) is 28.6 Å². The summed E-state index contributed by atoms with van der Waals surface area (Å²) in [5.41, 5.74) is 2.75. The minimum atomic E-state index is -0.287. The second-order valence-corrected chi connectivity index (χ2v) is 7.41. The lowest BCUT2D eigenvalue weighted by atomic mass is 9.70. The van der Waals surface area contributed by atoms with Gasteiger partial charge in [0.05, 0.1) is 29.5 Å². The molecule has 6 heteroatoms. The minimum absolute atomic E-state index is 0.0696. The van der Waals surface area contributed by atoms with Gasteiger partial charge in [0.15, 0.2) is 0 Å². The molecule has 1 aliphatic rings. The summed E-state index contributed by atoms with van der Waals surface area (Å²) in [7, 11) is 0. The lowest BCUT2D eigenvalue weighted by molar-refractivity contribution is 0.0876. The average Bonchev–Trinajstić information content (AvgIpc) is 2.64. The second-order valence-electron chi connectivity index (χ2n) is 7.41. The molecular formula is C20H20N4O2. The van der Waals surface area contributed by atoms with Crippen LogP contribution in [0.4, 0.5) is 0 Å². The number of amides is 1. The van der Waals surface area contributed by atoms with Gasteiger partial charge in [-0.2, -0.15) is 0 Å². The SMILES string of the molecule is CC1(C)CCc2ccccc2C1NC(=O)c1cc2c(=O)[nH]cnc2cn1. The van der Waals surface area contributed by atoms with E-state index in [1.54, 1.807) is 0 Å². The second kappa shape index (κ2) is 6.05. The maximum Gasteiger partial charge on any atom is 0.270 e. The van der Waals surface area contributed by atoms with Crippen molar-refractivity contribution >= 4 is 16.8 Å². The number of aromatic amines is 1. The van der Waals surface area contributed by atoms with Crippen molar-refractivity contribution in [1.29, 1.82) is 0 Å². The smallest absolute Gasteiger partial charge is 0.270 e. The zero-order valence-corrected chi connectivity index (χ0v) is 14.7. The number of fused-ring (bicyclic) bond motifs is 2. The Morgan fingerprint density at radius 1 is 1.27 bits per heavy atom. The summed E-state index contributed by atoms with van der Waals surface area (Å²) >= 11 is 0. The number of benzene rings is 1. The first-order valence-electron chi connectivity index (χ1n) is 8.68. The number of hydrogen-bond acceptors (Lipinski definition) is 4. The Morgan fingerprint density at radius 3 is 2.92 bits per heavy atom. The van der Waals surface area contributed by atoms with Crippen LogP contribution in [-0.4, -0.2) is 20.9 Å². The third-order valence-corrected chi connectivity index (χ3v) is 5.22. The van der Waals surface area contributed by atoms with Gasteiger partial charge in [-0.3, -0.25) is 9.59 Å². The molecule has 6 nitrogen and oxygen atoms in total. The molecule has 132 valence electrons. The summed E-state index contributed by atoms with van der Waals surface area (Å²) in [5, 5.41) is 3.49. The van der Waals surface area contributed by atoms with Crippen LogP contribution in [0, 0.1) is 5.41 Å². The zero-order valence-electron chi connectivity index (χ0n) is 14.7. The standard InChI is InChI=1S/C20H20N4O2/c1-20(2)8-7-12-5-3-4-6-13(12)17(20)24-19(26)15-9-14-16(10-21-15)22-11-23-18(14)25/h3-6,9-11,17H,7-8H2,1-2H3,(H,24,26)(H,22,23,25). The number of nitrogens with one attached hydrogen (secondary N) is 2. The Kier molecular flexibility index (Phi) is 3.83. The molecule has 0 bridgehead atoms. The largest absolute Gasteiger partial charge is 0.343 e. The van der Waals surface area contributed by atoms with Gasteiger partial charge in [0.1, 0.15) is 5.69 Å². The third-order valence-electron chi connectivity index (χ3n) is 5.22. The quantitative estimate of drug-likeness (QED) is 0.745. The Hall–Kier alpha value is -3.02. The Bertz CT molecular complexity index is 1050. The molecule has 0 saturated carbocycles. The third kappa shape index (κ3) is 2.77. The van der Waals surface area contributed by atoms with Gasteiger partial charge in [0, 0.05) is 0 Å². The van der Waals surface area contributed by atoms with Crippen molar-refractivity contribution < 1.29 is 4.79 Å². The molecule has 0 radical (unpaired) electrons. The molecule has 0 spiro atoms. The van der Waals surface area contributed by atoms with Crippen LogP contribution in [0.5, 0.6) is 0 Å². The van der Waals surface area contributed by atoms with E-state index in [1.165, 1.54) is 24.2 Å². The average molecular weight is 348 g/mol. The van der Waals surface area contributed by atoms with Gasteiger partial charge < -0.3 is 10.3 Å². The maximum atomic E-state index is 12.9. The summed E-state index contributed by atoms with van der Waals surface area (Å²) < 4.78 is 0. The number of carbonyl (C=O) groups excluding carboxylic acids is 1. The van der Waals surface area contributed by atoms with Crippen molar-refractivity contribution in [3.63, 3.8) is 0 Å². The highest BCUT2D eigenvalue weighted by Gasteiger charge is 2.37. The number of aromatic nitrogens is 3. The summed E-state index contributed by atoms with van der Waals surface area (Å²) in [6.45, 7) is 4.33. The Balaban J connectivity index is 1.70. The van der Waals surface area contributed by atoms with Crippen LogP contribution in [0.2, 0.25) is 0 Å². The molecule has 2 heterocycles. The lowest BCUT2D eigenvalue weighted by Crippen LogP contribution is -2.41. The molecule has 2 N–H and O–H groups in total. The number of H-pyrrole nitrogens is 1. The molecule has 1 unspecified atom stereocenters. The molecule has 0 aliphatic heterocycles. The van der Waals surface area contributed by atoms with Gasteiger partial charge in [-0.15, -0.1) is 0 Å². The highest BCUT2D eigenvalue weighted by molar-refractivity contribution is 5.95. The van der Waals surface area contributed by atoms with Gasteiger partial charge in [0.2, 0.25) is 0 Å². The van der Waals surface area contributed by atoms with Crippen LogP contribution >= 0.6 is 0 Å². The van der Waals surface area contributed by atoms with Crippen LogP contribution in [-0.2, 0) is 6.42 Å². The molecule has 0 fully saturated rings. The van der Waals surface area contributed by atoms with E-state index < -0.39 is 0 Å². The van der Waals surface area contributed by atoms with E-state index in [9.17, 15) is 9.59 Å². The van der Waals surface area contributed by atoms with Crippen molar-refractivity contribution in [2.45, 2.75) is 32.7 Å². The fraction of sp³-hybridized carbons (Fsp3) is 0.300. The van der Waals surface area contributed by atoms with Gasteiger partial charge in [-0.1, -0.05) is 38.1 Å². The van der Waals surface area contributed by atoms with Gasteiger partial charge in [-0.05, 0) is 35.4 Å². The van der Waals surface area contributed by atoms with Crippen molar-refractivity contribution in [2.24, 2.45) is 5.41 Å². The molecule has 1 aliphatic carbocycles. The van der Waals surface area contributed by atoms with Crippen LogP contribution in [0.15, 0.2) is 47.7 Å². The first-order valence-corrected chi connectivity index (χ1v) is 8.68. The molecule has 3 aromatic rings. The van der Waals surface area contributed by atoms with Crippen molar-refractivity contribution in [3.05, 3.63) is 70.0 Å². The highest BCUT2D eigenvalue weighted by atomic mass is 16.2. The van der Waals surface area contributed by atoms with Crippen LogP contribution in [0.1, 0.15) is 47.9 Å². The summed E-state index contributed by atoms with van der Waals surface area (Å²) in [6.07, 6.45) is 4.78. The maximum absolute atomic E-state index is 12.9. The zero-order chi connectivity index (χ0) is 18.3. The summed E-state index contributed by atoms with van der Waals surface area (Å²) in [5.74, 6) is -0.287. The van der Waals surface area contributed by atoms with E-state index >= 15 is 0 Å². The van der Waals surface area contributed by atoms with Gasteiger partial charge in [-0.25, -0.2) is 9.97 Å². The normalized spacial score (nSPS) is 18.3. The van der Waals surface area contributed by atoms with Gasteiger partial charge >= 0.3 is 0 Å². The molecule has 2 aromatic heterocycles. The van der Waals surface area contributed by atoms with E-state index in [1.807, 2.05) is 12.1 Å². The van der Waals surface area contributed by atoms with Crippen molar-refractivity contribution in [2.75, 3.05) is 0 Å². The Morgan fingerprint density at radius 2 is 2.08 bits per heavy atom. The molecule has 4 rings (SSSR count). The number of pyridine rings is 1. The molecule has 0 saturated heterocycles. The number of nitrogens with zero attached hydrogens (tertiary/aromatic N) is 2. The fourth-order valence-electron chi connectivity index (χ4n) is 3.64. The van der Waals surface area contributed by atoms with Crippen LogP contribution in [0.3, 0.4) is 0 Å². The number of aryl methyl sites for hydroxylation is 1. The molecule has 1 amide bonds. The summed E-state index contributed by atoms with van der Waals surface area (Å²) in [6, 6.07) is 9.61. The molecule has 26 heavy (non-hydrogen) atoms. The predicted molar refractivity (Wildman–Crippen MR) is 98.9 cm³/mol. The van der Waals surface area contributed by atoms with E-state index in [0.717, 1.165) is 18.4 Å². The monoisotopic (exact) mass is 348 g/mol. The fourth-order valence-corrected chi connectivity index (χ4v) is 3.64. The summed E-state index contributed by atoms with van der Waals surface area (Å²) in [4.78, 5) is 35.6. The topological polar surface area (TPSA) is 87.7 Å². The lowest BCUT2D eigenvalue weighted by Gasteiger charge is -2.40. The molecule has 1 aromatic carbocycles. The van der Waals surface area contributed by atoms with Crippen LogP contribution in [0.25, 0.3) is 10.9 Å². The molecular weight excluding hydrogens is 328 g/mol. The van der Waals surface area contributed by atoms with Crippen LogP contribution < -0.4 is 10.9 Å². The highest BCUT2D eigenvalue weighted by Crippen LogP contribution is 2.43. The van der Waals surface area contributed by atoms with E-state index in [2.05, 4.69) is 46.2 Å². The van der Waals surface area contributed by atoms with E-state index in [0.29, 0.717) is 10.9 Å². The first kappa shape index (κ1) is 16.4.